The van der Waals surface area contributed by atoms with Gasteiger partial charge >= 0.3 is 0 Å². The SMILES string of the molecule is CN1CCN(c2ccc(CNC(=O)c3cc(-c4ccc(Cl)cc4)nn3-c3ccccc3)cn2)CC1. The van der Waals surface area contributed by atoms with Crippen molar-refractivity contribution in [3.63, 3.8) is 0 Å². The van der Waals surface area contributed by atoms with E-state index < -0.39 is 0 Å². The molecule has 0 radical (unpaired) electrons. The first-order chi connectivity index (χ1) is 17.1. The number of nitrogens with zero attached hydrogens (tertiary/aromatic N) is 5. The number of pyridine rings is 1. The van der Waals surface area contributed by atoms with Gasteiger partial charge in [0.2, 0.25) is 0 Å². The molecule has 7 nitrogen and oxygen atoms in total. The summed E-state index contributed by atoms with van der Waals surface area (Å²) in [6.07, 6.45) is 1.83. The van der Waals surface area contributed by atoms with Gasteiger partial charge in [-0.2, -0.15) is 5.10 Å². The molecular weight excluding hydrogens is 460 g/mol. The van der Waals surface area contributed by atoms with Crippen LogP contribution in [0.5, 0.6) is 0 Å². The van der Waals surface area contributed by atoms with Gasteiger partial charge < -0.3 is 15.1 Å². The second-order valence-corrected chi connectivity index (χ2v) is 9.10. The summed E-state index contributed by atoms with van der Waals surface area (Å²) in [5.74, 6) is 0.771. The summed E-state index contributed by atoms with van der Waals surface area (Å²) in [5, 5.41) is 8.39. The van der Waals surface area contributed by atoms with Crippen LogP contribution in [0.4, 0.5) is 5.82 Å². The molecule has 3 heterocycles. The largest absolute Gasteiger partial charge is 0.354 e. The zero-order valence-electron chi connectivity index (χ0n) is 19.6. The summed E-state index contributed by atoms with van der Waals surface area (Å²) in [4.78, 5) is 22.5. The molecular formula is C27H27ClN6O. The quantitative estimate of drug-likeness (QED) is 0.441. The standard InChI is InChI=1S/C27H27ClN6O/c1-32-13-15-33(16-14-32)26-12-7-20(18-29-26)19-30-27(35)25-17-24(21-8-10-22(28)11-9-21)31-34(25)23-5-3-2-4-6-23/h2-12,17-18H,13-16,19H2,1H3,(H,30,35). The van der Waals surface area contributed by atoms with E-state index >= 15 is 0 Å². The number of benzene rings is 2. The number of carbonyl (C=O) groups excluding carboxylic acids is 1. The van der Waals surface area contributed by atoms with Crippen molar-refractivity contribution in [1.29, 1.82) is 0 Å². The highest BCUT2D eigenvalue weighted by atomic mass is 35.5. The van der Waals surface area contributed by atoms with Crippen LogP contribution < -0.4 is 10.2 Å². The molecule has 0 saturated carbocycles. The number of nitrogens with one attached hydrogen (secondary N) is 1. The van der Waals surface area contributed by atoms with Gasteiger partial charge in [-0.1, -0.05) is 48.0 Å². The first-order valence-corrected chi connectivity index (χ1v) is 12.0. The van der Waals surface area contributed by atoms with Crippen molar-refractivity contribution in [3.8, 4) is 16.9 Å². The number of piperazine rings is 1. The average molecular weight is 487 g/mol. The van der Waals surface area contributed by atoms with Crippen molar-refractivity contribution in [2.24, 2.45) is 0 Å². The van der Waals surface area contributed by atoms with Crippen molar-refractivity contribution in [3.05, 3.63) is 95.3 Å². The van der Waals surface area contributed by atoms with E-state index in [1.165, 1.54) is 0 Å². The lowest BCUT2D eigenvalue weighted by molar-refractivity contribution is 0.0943. The Hall–Kier alpha value is -3.68. The Kier molecular flexibility index (Phi) is 6.79. The Morgan fingerprint density at radius 2 is 1.71 bits per heavy atom. The molecule has 1 saturated heterocycles. The maximum Gasteiger partial charge on any atom is 0.270 e. The predicted molar refractivity (Wildman–Crippen MR) is 139 cm³/mol. The third-order valence-corrected chi connectivity index (χ3v) is 6.42. The first-order valence-electron chi connectivity index (χ1n) is 11.6. The monoisotopic (exact) mass is 486 g/mol. The number of para-hydroxylation sites is 1. The summed E-state index contributed by atoms with van der Waals surface area (Å²) in [7, 11) is 2.14. The Balaban J connectivity index is 1.32. The Morgan fingerprint density at radius 3 is 2.40 bits per heavy atom. The number of hydrogen-bond donors (Lipinski definition) is 1. The molecule has 5 rings (SSSR count). The van der Waals surface area contributed by atoms with Gasteiger partial charge in [0.05, 0.1) is 11.4 Å². The van der Waals surface area contributed by atoms with Crippen LogP contribution in [0.1, 0.15) is 16.1 Å². The molecule has 1 amide bonds. The average Bonchev–Trinajstić information content (AvgIpc) is 3.35. The minimum Gasteiger partial charge on any atom is -0.354 e. The minimum atomic E-state index is -0.204. The molecule has 1 N–H and O–H groups in total. The lowest BCUT2D eigenvalue weighted by Crippen LogP contribution is -2.44. The van der Waals surface area contributed by atoms with Crippen LogP contribution in [0.3, 0.4) is 0 Å². The zero-order valence-corrected chi connectivity index (χ0v) is 20.3. The van der Waals surface area contributed by atoms with E-state index in [9.17, 15) is 4.79 Å². The number of aromatic nitrogens is 3. The summed E-state index contributed by atoms with van der Waals surface area (Å²) in [5.41, 5.74) is 3.81. The normalized spacial score (nSPS) is 14.2. The highest BCUT2D eigenvalue weighted by Gasteiger charge is 2.18. The van der Waals surface area contributed by atoms with Crippen LogP contribution in [0.2, 0.25) is 5.02 Å². The summed E-state index contributed by atoms with van der Waals surface area (Å²) in [6.45, 7) is 4.39. The fraction of sp³-hybridized carbons (Fsp3) is 0.222. The smallest absolute Gasteiger partial charge is 0.270 e. The van der Waals surface area contributed by atoms with Gasteiger partial charge in [0.15, 0.2) is 0 Å². The number of carbonyl (C=O) groups is 1. The van der Waals surface area contributed by atoms with E-state index in [4.69, 9.17) is 16.7 Å². The summed E-state index contributed by atoms with van der Waals surface area (Å²) in [6, 6.07) is 22.9. The number of anilines is 1. The molecule has 8 heteroatoms. The maximum atomic E-state index is 13.2. The molecule has 1 aliphatic heterocycles. The molecule has 0 bridgehead atoms. The van der Waals surface area contributed by atoms with Crippen LogP contribution in [-0.4, -0.2) is 58.8 Å². The number of amides is 1. The second-order valence-electron chi connectivity index (χ2n) is 8.67. The van der Waals surface area contributed by atoms with Crippen molar-refractivity contribution >= 4 is 23.3 Å². The van der Waals surface area contributed by atoms with E-state index in [-0.39, 0.29) is 5.91 Å². The van der Waals surface area contributed by atoms with Gasteiger partial charge in [0, 0.05) is 49.5 Å². The molecule has 2 aromatic carbocycles. The van der Waals surface area contributed by atoms with Crippen LogP contribution in [-0.2, 0) is 6.54 Å². The molecule has 0 aliphatic carbocycles. The van der Waals surface area contributed by atoms with Gasteiger partial charge in [-0.3, -0.25) is 4.79 Å². The Morgan fingerprint density at radius 1 is 0.971 bits per heavy atom. The molecule has 2 aromatic heterocycles. The first kappa shape index (κ1) is 23.1. The van der Waals surface area contributed by atoms with Gasteiger partial charge in [-0.25, -0.2) is 9.67 Å². The Labute approximate surface area is 210 Å². The molecule has 1 fully saturated rings. The van der Waals surface area contributed by atoms with E-state index in [1.54, 1.807) is 10.7 Å². The van der Waals surface area contributed by atoms with Crippen LogP contribution in [0.15, 0.2) is 79.0 Å². The van der Waals surface area contributed by atoms with Crippen LogP contribution in [0, 0.1) is 0 Å². The van der Waals surface area contributed by atoms with Crippen molar-refractivity contribution in [2.45, 2.75) is 6.54 Å². The van der Waals surface area contributed by atoms with Crippen molar-refractivity contribution in [2.75, 3.05) is 38.1 Å². The fourth-order valence-electron chi connectivity index (χ4n) is 4.09. The molecule has 0 unspecified atom stereocenters. The van der Waals surface area contributed by atoms with Gasteiger partial charge in [0.1, 0.15) is 11.5 Å². The minimum absolute atomic E-state index is 0.204. The lowest BCUT2D eigenvalue weighted by atomic mass is 10.1. The van der Waals surface area contributed by atoms with Crippen LogP contribution in [0.25, 0.3) is 16.9 Å². The molecule has 35 heavy (non-hydrogen) atoms. The number of hydrogen-bond acceptors (Lipinski definition) is 5. The Bertz CT molecular complexity index is 1280. The third-order valence-electron chi connectivity index (χ3n) is 6.17. The van der Waals surface area contributed by atoms with E-state index in [1.807, 2.05) is 72.9 Å². The second kappa shape index (κ2) is 10.3. The van der Waals surface area contributed by atoms with Crippen LogP contribution >= 0.6 is 11.6 Å². The predicted octanol–water partition coefficient (Wildman–Crippen LogP) is 4.27. The topological polar surface area (TPSA) is 66.3 Å². The molecule has 4 aromatic rings. The maximum absolute atomic E-state index is 13.2. The van der Waals surface area contributed by atoms with Crippen molar-refractivity contribution < 1.29 is 4.79 Å². The third kappa shape index (κ3) is 5.37. The van der Waals surface area contributed by atoms with Gasteiger partial charge in [0.25, 0.3) is 5.91 Å². The zero-order chi connectivity index (χ0) is 24.2. The van der Waals surface area contributed by atoms with E-state index in [0.717, 1.165) is 48.8 Å². The molecule has 0 atom stereocenters. The molecule has 0 spiro atoms. The highest BCUT2D eigenvalue weighted by Crippen LogP contribution is 2.23. The number of halogens is 1. The summed E-state index contributed by atoms with van der Waals surface area (Å²) < 4.78 is 1.67. The number of rotatable bonds is 6. The van der Waals surface area contributed by atoms with E-state index in [2.05, 4.69) is 27.1 Å². The highest BCUT2D eigenvalue weighted by molar-refractivity contribution is 6.30. The van der Waals surface area contributed by atoms with Crippen molar-refractivity contribution in [1.82, 2.24) is 25.0 Å². The molecule has 178 valence electrons. The van der Waals surface area contributed by atoms with Gasteiger partial charge in [-0.05, 0) is 49.0 Å². The fourth-order valence-corrected chi connectivity index (χ4v) is 4.21. The van der Waals surface area contributed by atoms with E-state index in [0.29, 0.717) is 23.0 Å². The molecule has 1 aliphatic rings. The summed E-state index contributed by atoms with van der Waals surface area (Å²) >= 11 is 6.04. The van der Waals surface area contributed by atoms with Gasteiger partial charge in [-0.15, -0.1) is 0 Å². The number of likely N-dealkylation sites (N-methyl/N-ethyl adjacent to an activating group) is 1. The lowest BCUT2D eigenvalue weighted by Gasteiger charge is -2.33.